The number of nitrogens with zero attached hydrogens (tertiary/aromatic N) is 3. The molecule has 0 bridgehead atoms. The molecule has 6 nitrogen and oxygen atoms in total. The Hall–Kier alpha value is -2.65. The van der Waals surface area contributed by atoms with E-state index in [9.17, 15) is 18.0 Å². The first kappa shape index (κ1) is 17.7. The number of rotatable bonds is 2. The Kier molecular flexibility index (Phi) is 4.27. The van der Waals surface area contributed by atoms with Crippen molar-refractivity contribution >= 4 is 34.4 Å². The smallest absolute Gasteiger partial charge is 0.370 e. The molecular weight excluding hydrogens is 385 g/mol. The van der Waals surface area contributed by atoms with Crippen LogP contribution in [-0.2, 0) is 15.7 Å². The summed E-state index contributed by atoms with van der Waals surface area (Å²) in [5.41, 5.74) is -0.151. The van der Waals surface area contributed by atoms with Crippen molar-refractivity contribution in [3.05, 3.63) is 41.2 Å². The van der Waals surface area contributed by atoms with E-state index in [1.54, 1.807) is 18.2 Å². The van der Waals surface area contributed by atoms with Gasteiger partial charge in [0.1, 0.15) is 28.8 Å². The molecule has 4 heterocycles. The summed E-state index contributed by atoms with van der Waals surface area (Å²) in [5, 5.41) is -0.651. The van der Waals surface area contributed by atoms with E-state index < -0.39 is 16.9 Å². The number of carbonyl (C=O) groups excluding carboxylic acids is 1. The first-order valence-corrected chi connectivity index (χ1v) is 8.32. The summed E-state index contributed by atoms with van der Waals surface area (Å²) in [7, 11) is 0. The van der Waals surface area contributed by atoms with E-state index in [4.69, 9.17) is 16.3 Å². The lowest BCUT2D eigenvalue weighted by molar-refractivity contribution is -0.136. The van der Waals surface area contributed by atoms with E-state index in [0.29, 0.717) is 30.2 Å². The standard InChI is InChI=1S/C17H12ClF3N4O2/c18-15-14(17(19,20)21)10-6-9(7-22-16(10)24-15)11-2-1-3-12(23-11)25-4-5-27-8-13(25)26/h1-3,6-7H,4-5,8H2,(H,22,24). The second kappa shape index (κ2) is 6.50. The number of H-pyrrole nitrogens is 1. The molecule has 1 aliphatic rings. The average Bonchev–Trinajstić information content (AvgIpc) is 2.97. The third-order valence-electron chi connectivity index (χ3n) is 4.18. The van der Waals surface area contributed by atoms with Crippen molar-refractivity contribution in [2.24, 2.45) is 0 Å². The van der Waals surface area contributed by atoms with Gasteiger partial charge in [0.15, 0.2) is 0 Å². The monoisotopic (exact) mass is 396 g/mol. The van der Waals surface area contributed by atoms with Crippen molar-refractivity contribution in [1.29, 1.82) is 0 Å². The van der Waals surface area contributed by atoms with Crippen LogP contribution in [0.3, 0.4) is 0 Å². The van der Waals surface area contributed by atoms with Crippen molar-refractivity contribution in [3.63, 3.8) is 0 Å². The summed E-state index contributed by atoms with van der Waals surface area (Å²) in [6.07, 6.45) is -3.21. The van der Waals surface area contributed by atoms with Crippen LogP contribution >= 0.6 is 11.6 Å². The van der Waals surface area contributed by atoms with Gasteiger partial charge in [0, 0.05) is 17.1 Å². The number of hydrogen-bond acceptors (Lipinski definition) is 4. The third kappa shape index (κ3) is 3.24. The summed E-state index contributed by atoms with van der Waals surface area (Å²) in [6, 6.07) is 6.31. The second-order valence-electron chi connectivity index (χ2n) is 5.91. The minimum atomic E-state index is -4.62. The van der Waals surface area contributed by atoms with Crippen LogP contribution in [0.15, 0.2) is 30.5 Å². The number of nitrogens with one attached hydrogen (secondary N) is 1. The first-order chi connectivity index (χ1) is 12.8. The highest BCUT2D eigenvalue weighted by molar-refractivity contribution is 6.31. The van der Waals surface area contributed by atoms with E-state index in [0.717, 1.165) is 0 Å². The van der Waals surface area contributed by atoms with Crippen molar-refractivity contribution in [2.75, 3.05) is 24.7 Å². The fourth-order valence-electron chi connectivity index (χ4n) is 2.95. The normalized spacial score (nSPS) is 15.6. The molecular formula is C17H12ClF3N4O2. The van der Waals surface area contributed by atoms with Crippen LogP contribution in [0.4, 0.5) is 19.0 Å². The number of carbonyl (C=O) groups is 1. The van der Waals surface area contributed by atoms with Crippen LogP contribution in [0.5, 0.6) is 0 Å². The molecule has 0 unspecified atom stereocenters. The lowest BCUT2D eigenvalue weighted by atomic mass is 10.1. The first-order valence-electron chi connectivity index (χ1n) is 7.94. The van der Waals surface area contributed by atoms with E-state index in [-0.39, 0.29) is 23.5 Å². The van der Waals surface area contributed by atoms with Crippen LogP contribution in [0.25, 0.3) is 22.3 Å². The maximum atomic E-state index is 13.3. The van der Waals surface area contributed by atoms with Gasteiger partial charge in [0.2, 0.25) is 0 Å². The van der Waals surface area contributed by atoms with Gasteiger partial charge in [-0.05, 0) is 18.2 Å². The van der Waals surface area contributed by atoms with Crippen molar-refractivity contribution in [1.82, 2.24) is 15.0 Å². The number of fused-ring (bicyclic) bond motifs is 1. The topological polar surface area (TPSA) is 71.1 Å². The summed E-state index contributed by atoms with van der Waals surface area (Å²) in [6.45, 7) is 0.719. The zero-order chi connectivity index (χ0) is 19.2. The Morgan fingerprint density at radius 1 is 1.30 bits per heavy atom. The zero-order valence-electron chi connectivity index (χ0n) is 13.7. The number of halogens is 4. The minimum Gasteiger partial charge on any atom is -0.370 e. The third-order valence-corrected chi connectivity index (χ3v) is 4.46. The highest BCUT2D eigenvalue weighted by Crippen LogP contribution is 2.40. The van der Waals surface area contributed by atoms with Crippen LogP contribution < -0.4 is 4.90 Å². The highest BCUT2D eigenvalue weighted by atomic mass is 35.5. The van der Waals surface area contributed by atoms with Crippen molar-refractivity contribution in [3.8, 4) is 11.3 Å². The number of alkyl halides is 3. The molecule has 0 atom stereocenters. The maximum absolute atomic E-state index is 13.3. The summed E-state index contributed by atoms with van der Waals surface area (Å²) in [5.74, 6) is 0.181. The second-order valence-corrected chi connectivity index (χ2v) is 6.29. The Balaban J connectivity index is 1.79. The van der Waals surface area contributed by atoms with Gasteiger partial charge in [-0.3, -0.25) is 9.69 Å². The highest BCUT2D eigenvalue weighted by Gasteiger charge is 2.37. The van der Waals surface area contributed by atoms with Crippen molar-refractivity contribution < 1.29 is 22.7 Å². The van der Waals surface area contributed by atoms with Crippen LogP contribution in [0.2, 0.25) is 5.15 Å². The molecule has 0 aliphatic carbocycles. The number of amides is 1. The summed E-state index contributed by atoms with van der Waals surface area (Å²) < 4.78 is 45.0. The molecule has 140 valence electrons. The Bertz CT molecular complexity index is 1030. The van der Waals surface area contributed by atoms with Gasteiger partial charge in [-0.25, -0.2) is 9.97 Å². The van der Waals surface area contributed by atoms with Gasteiger partial charge >= 0.3 is 6.18 Å². The number of ether oxygens (including phenoxy) is 1. The van der Waals surface area contributed by atoms with E-state index in [1.165, 1.54) is 17.2 Å². The Morgan fingerprint density at radius 3 is 2.85 bits per heavy atom. The molecule has 3 aromatic heterocycles. The molecule has 1 aliphatic heterocycles. The van der Waals surface area contributed by atoms with Gasteiger partial charge in [-0.2, -0.15) is 13.2 Å². The van der Waals surface area contributed by atoms with E-state index in [1.807, 2.05) is 0 Å². The molecule has 0 saturated carbocycles. The molecule has 3 aromatic rings. The molecule has 1 fully saturated rings. The van der Waals surface area contributed by atoms with Crippen LogP contribution in [0.1, 0.15) is 5.56 Å². The van der Waals surface area contributed by atoms with Crippen LogP contribution in [-0.4, -0.2) is 40.6 Å². The molecule has 1 saturated heterocycles. The number of morpholine rings is 1. The molecule has 0 spiro atoms. The maximum Gasteiger partial charge on any atom is 0.420 e. The van der Waals surface area contributed by atoms with Gasteiger partial charge < -0.3 is 9.72 Å². The Labute approximate surface area is 155 Å². The average molecular weight is 397 g/mol. The fourth-order valence-corrected chi connectivity index (χ4v) is 3.25. The largest absolute Gasteiger partial charge is 0.420 e. The number of hydrogen-bond donors (Lipinski definition) is 1. The number of aromatic amines is 1. The summed E-state index contributed by atoms with van der Waals surface area (Å²) >= 11 is 5.71. The lowest BCUT2D eigenvalue weighted by Crippen LogP contribution is -2.42. The molecule has 10 heteroatoms. The van der Waals surface area contributed by atoms with Gasteiger partial charge in [0.25, 0.3) is 5.91 Å². The predicted octanol–water partition coefficient (Wildman–Crippen LogP) is 3.66. The predicted molar refractivity (Wildman–Crippen MR) is 92.5 cm³/mol. The number of aromatic nitrogens is 3. The van der Waals surface area contributed by atoms with Crippen LogP contribution in [0, 0.1) is 0 Å². The fraction of sp³-hybridized carbons (Fsp3) is 0.235. The molecule has 1 amide bonds. The SMILES string of the molecule is O=C1COCCN1c1cccc(-c2cnc3[nH]c(Cl)c(C(F)(F)F)c3c2)n1. The number of pyridine rings is 2. The molecule has 0 radical (unpaired) electrons. The quantitative estimate of drug-likeness (QED) is 0.717. The van der Waals surface area contributed by atoms with Gasteiger partial charge in [-0.15, -0.1) is 0 Å². The van der Waals surface area contributed by atoms with Crippen molar-refractivity contribution in [2.45, 2.75) is 6.18 Å². The minimum absolute atomic E-state index is 0.0315. The van der Waals surface area contributed by atoms with Gasteiger partial charge in [-0.1, -0.05) is 17.7 Å². The zero-order valence-corrected chi connectivity index (χ0v) is 14.4. The molecule has 4 rings (SSSR count). The molecule has 27 heavy (non-hydrogen) atoms. The lowest BCUT2D eigenvalue weighted by Gasteiger charge is -2.26. The molecule has 1 N–H and O–H groups in total. The number of anilines is 1. The van der Waals surface area contributed by atoms with Gasteiger partial charge in [0.05, 0.1) is 18.8 Å². The summed E-state index contributed by atoms with van der Waals surface area (Å²) in [4.78, 5) is 24.3. The Morgan fingerprint density at radius 2 is 2.11 bits per heavy atom. The molecule has 0 aromatic carbocycles. The van der Waals surface area contributed by atoms with E-state index in [2.05, 4.69) is 15.0 Å². The van der Waals surface area contributed by atoms with E-state index >= 15 is 0 Å².